The number of benzene rings is 18. The van der Waals surface area contributed by atoms with Crippen LogP contribution in [0.2, 0.25) is 0 Å². The number of rotatable bonds is 12. The van der Waals surface area contributed by atoms with Crippen molar-refractivity contribution >= 4 is 131 Å². The van der Waals surface area contributed by atoms with Crippen LogP contribution in [0.15, 0.2) is 473 Å². The molecule has 0 aliphatic rings. The van der Waals surface area contributed by atoms with Crippen LogP contribution < -0.4 is 0 Å². The molecule has 9 aromatic heterocycles. The molecule has 0 bridgehead atoms. The number of nitrogens with zero attached hydrogens (tertiary/aromatic N) is 12. The van der Waals surface area contributed by atoms with Gasteiger partial charge in [-0.1, -0.05) is 346 Å². The maximum atomic E-state index is 5.32. The third-order valence-electron chi connectivity index (χ3n) is 25.6. The van der Waals surface area contributed by atoms with Crippen LogP contribution in [0.4, 0.5) is 0 Å². The highest BCUT2D eigenvalue weighted by Gasteiger charge is 2.26. The molecule has 0 saturated heterocycles. The van der Waals surface area contributed by atoms with Crippen molar-refractivity contribution in [2.75, 3.05) is 0 Å². The van der Waals surface area contributed by atoms with Crippen molar-refractivity contribution in [3.05, 3.63) is 473 Å². The Hall–Kier alpha value is -18.0. The van der Waals surface area contributed by atoms with Gasteiger partial charge in [-0.2, -0.15) is 9.97 Å². The summed E-state index contributed by atoms with van der Waals surface area (Å²) in [5, 5.41) is 14.3. The van der Waals surface area contributed by atoms with Gasteiger partial charge < -0.3 is 13.7 Å². The molecule has 132 heavy (non-hydrogen) atoms. The Morgan fingerprint density at radius 1 is 0.129 bits per heavy atom. The highest BCUT2D eigenvalue weighted by Crippen LogP contribution is 2.46. The van der Waals surface area contributed by atoms with E-state index < -0.39 is 0 Å². The molecular weight excluding hydrogens is 1610 g/mol. The van der Waals surface area contributed by atoms with Gasteiger partial charge in [-0.3, -0.25) is 13.7 Å². The van der Waals surface area contributed by atoms with Crippen molar-refractivity contribution in [2.24, 2.45) is 0 Å². The van der Waals surface area contributed by atoms with E-state index in [0.717, 1.165) is 117 Å². The second kappa shape index (κ2) is 32.1. The van der Waals surface area contributed by atoms with E-state index >= 15 is 0 Å². The summed E-state index contributed by atoms with van der Waals surface area (Å²) in [5.74, 6) is 3.43. The molecule has 0 radical (unpaired) electrons. The number of fused-ring (bicyclic) bond motifs is 18. The molecule has 0 amide bonds. The molecule has 0 atom stereocenters. The van der Waals surface area contributed by atoms with E-state index in [2.05, 4.69) is 428 Å². The second-order valence-electron chi connectivity index (χ2n) is 33.3. The summed E-state index contributed by atoms with van der Waals surface area (Å²) in [4.78, 5) is 30.9. The average molecular weight is 1690 g/mol. The van der Waals surface area contributed by atoms with Crippen LogP contribution in [-0.4, -0.2) is 57.3 Å². The van der Waals surface area contributed by atoms with E-state index in [1.165, 1.54) is 92.5 Å². The zero-order valence-corrected chi connectivity index (χ0v) is 71.4. The molecule has 0 spiro atoms. The van der Waals surface area contributed by atoms with Gasteiger partial charge in [0.15, 0.2) is 11.6 Å². The molecule has 0 N–H and O–H groups in total. The van der Waals surface area contributed by atoms with Gasteiger partial charge in [0, 0.05) is 110 Å². The lowest BCUT2D eigenvalue weighted by molar-refractivity contribution is 0.954. The average Bonchev–Trinajstić information content (AvgIpc) is 1.56. The fourth-order valence-electron chi connectivity index (χ4n) is 19.7. The molecule has 0 aliphatic carbocycles. The van der Waals surface area contributed by atoms with E-state index in [1.807, 2.05) is 72.8 Å². The maximum Gasteiger partial charge on any atom is 0.238 e. The van der Waals surface area contributed by atoms with E-state index in [1.54, 1.807) is 0 Å². The number of hydrogen-bond donors (Lipinski definition) is 0. The quantitative estimate of drug-likeness (QED) is 0.121. The molecule has 12 nitrogen and oxygen atoms in total. The van der Waals surface area contributed by atoms with Crippen LogP contribution in [0.5, 0.6) is 0 Å². The first-order chi connectivity index (χ1) is 65.5. The summed E-state index contributed by atoms with van der Waals surface area (Å²) < 4.78 is 13.9. The minimum Gasteiger partial charge on any atom is -0.309 e. The number of hydrogen-bond acceptors (Lipinski definition) is 6. The summed E-state index contributed by atoms with van der Waals surface area (Å²) in [5.41, 5.74) is 27.3. The number of aromatic nitrogens is 12. The van der Waals surface area contributed by atoms with Gasteiger partial charge >= 0.3 is 0 Å². The lowest BCUT2D eigenvalue weighted by atomic mass is 10.0. The zero-order chi connectivity index (χ0) is 87.1. The maximum absolute atomic E-state index is 5.32. The summed E-state index contributed by atoms with van der Waals surface area (Å²) in [7, 11) is 0. The predicted molar refractivity (Wildman–Crippen MR) is 545 cm³/mol. The van der Waals surface area contributed by atoms with Crippen molar-refractivity contribution in [3.8, 4) is 102 Å². The van der Waals surface area contributed by atoms with E-state index in [0.29, 0.717) is 23.5 Å². The van der Waals surface area contributed by atoms with Gasteiger partial charge in [-0.25, -0.2) is 19.9 Å². The minimum absolute atomic E-state index is 0.593. The Balaban J connectivity index is 0.000000106. The zero-order valence-electron chi connectivity index (χ0n) is 71.4. The van der Waals surface area contributed by atoms with Gasteiger partial charge in [0.2, 0.25) is 11.9 Å². The predicted octanol–water partition coefficient (Wildman–Crippen LogP) is 30.0. The van der Waals surface area contributed by atoms with E-state index in [9.17, 15) is 0 Å². The molecule has 0 unspecified atom stereocenters. The standard InChI is InChI=1S/C41H27N3.C40H26N4.C39H25N5/c1-4-14-28(15-5-1)30-24-36(29-16-6-2-7-17-29)42-41(25-30)44-38-23-13-11-21-33(38)35-26-39-34(27-40(35)44)32-20-10-12-22-37(32)43(39)31-18-8-3-9-19-31;1-4-14-27(15-5-1)34-26-35(28-16-6-2-7-17-28)42-40(41-34)44-37-23-13-11-21-31(37)33-24-38-32(25-39(33)44)30-20-10-12-22-36(30)43(38)29-18-8-3-9-19-29;1-4-14-26(15-5-1)37-40-38(27-16-6-2-7-17-27)42-39(41-37)44-34-23-13-11-21-30(34)32-24-35-31(25-36(32)44)29-20-10-12-22-33(29)43(35)28-18-8-3-9-19-28/h1-27H;1-26H;1-25H. The monoisotopic (exact) mass is 1690 g/mol. The van der Waals surface area contributed by atoms with E-state index in [4.69, 9.17) is 29.9 Å². The Morgan fingerprint density at radius 3 is 0.667 bits per heavy atom. The summed E-state index contributed by atoms with van der Waals surface area (Å²) in [6.07, 6.45) is 0. The summed E-state index contributed by atoms with van der Waals surface area (Å²) in [6, 6.07) is 166. The highest BCUT2D eigenvalue weighted by atomic mass is 15.2. The molecule has 9 heterocycles. The van der Waals surface area contributed by atoms with Crippen LogP contribution in [0.1, 0.15) is 0 Å². The molecule has 18 aromatic carbocycles. The first-order valence-corrected chi connectivity index (χ1v) is 44.6. The highest BCUT2D eigenvalue weighted by molar-refractivity contribution is 6.22. The largest absolute Gasteiger partial charge is 0.309 e. The number of para-hydroxylation sites is 9. The molecule has 618 valence electrons. The van der Waals surface area contributed by atoms with E-state index in [-0.39, 0.29) is 0 Å². The lowest BCUT2D eigenvalue weighted by Gasteiger charge is -2.13. The molecular formula is C120H78N12. The minimum atomic E-state index is 0.593. The van der Waals surface area contributed by atoms with Crippen LogP contribution in [0, 0.1) is 0 Å². The van der Waals surface area contributed by atoms with Gasteiger partial charge in [0.1, 0.15) is 5.82 Å². The van der Waals surface area contributed by atoms with Gasteiger partial charge in [0.05, 0.1) is 83.3 Å². The van der Waals surface area contributed by atoms with Crippen LogP contribution in [-0.2, 0) is 0 Å². The third kappa shape index (κ3) is 13.1. The van der Waals surface area contributed by atoms with Crippen molar-refractivity contribution < 1.29 is 0 Å². The fourth-order valence-corrected chi connectivity index (χ4v) is 19.7. The van der Waals surface area contributed by atoms with Crippen molar-refractivity contribution in [1.82, 2.24) is 57.3 Å². The van der Waals surface area contributed by atoms with Crippen LogP contribution >= 0.6 is 0 Å². The topological polar surface area (TPSA) is 107 Å². The SMILES string of the molecule is c1ccc(-c2cc(-c3ccccc3)nc(-n3c4ccccc4c4cc5c(cc43)c3ccccc3n5-c3ccccc3)c2)cc1.c1ccc(-c2cc(-c3ccccc3)nc(-n3c4ccccc4c4cc5c(cc43)c3ccccc3n5-c3ccccc3)n2)cc1.c1ccc(-c2nc(-c3ccccc3)nc(-n3c4ccccc4c4cc5c(cc43)c3ccccc3n5-c3ccccc3)n2)cc1. The van der Waals surface area contributed by atoms with Gasteiger partial charge in [-0.05, 0) is 139 Å². The molecule has 27 aromatic rings. The Bertz CT molecular complexity index is 8090. The molecule has 12 heteroatoms. The number of pyridine rings is 1. The van der Waals surface area contributed by atoms with Crippen LogP contribution in [0.3, 0.4) is 0 Å². The van der Waals surface area contributed by atoms with Crippen LogP contribution in [0.25, 0.3) is 233 Å². The Kier molecular flexibility index (Phi) is 18.6. The molecule has 0 saturated carbocycles. The third-order valence-corrected chi connectivity index (χ3v) is 25.6. The van der Waals surface area contributed by atoms with Crippen molar-refractivity contribution in [1.29, 1.82) is 0 Å². The van der Waals surface area contributed by atoms with Crippen molar-refractivity contribution in [2.45, 2.75) is 0 Å². The normalized spacial score (nSPS) is 11.6. The summed E-state index contributed by atoms with van der Waals surface area (Å²) in [6.45, 7) is 0. The Labute approximate surface area is 758 Å². The second-order valence-corrected chi connectivity index (χ2v) is 33.3. The molecule has 27 rings (SSSR count). The summed E-state index contributed by atoms with van der Waals surface area (Å²) >= 11 is 0. The smallest absolute Gasteiger partial charge is 0.238 e. The molecule has 0 aliphatic heterocycles. The van der Waals surface area contributed by atoms with Crippen molar-refractivity contribution in [3.63, 3.8) is 0 Å². The Morgan fingerprint density at radius 2 is 0.356 bits per heavy atom. The fraction of sp³-hybridized carbons (Fsp3) is 0. The first kappa shape index (κ1) is 76.4. The van der Waals surface area contributed by atoms with Gasteiger partial charge in [-0.15, -0.1) is 0 Å². The first-order valence-electron chi connectivity index (χ1n) is 44.6. The molecule has 0 fully saturated rings. The van der Waals surface area contributed by atoms with Gasteiger partial charge in [0.25, 0.3) is 0 Å². The lowest BCUT2D eigenvalue weighted by Crippen LogP contribution is -2.06.